The highest BCUT2D eigenvalue weighted by atomic mass is 16.6. The number of non-ortho nitro benzene ring substituents is 1. The van der Waals surface area contributed by atoms with Crippen LogP contribution in [0, 0.1) is 10.1 Å². The summed E-state index contributed by atoms with van der Waals surface area (Å²) >= 11 is 0. The Hall–Kier alpha value is -4.79. The quantitative estimate of drug-likeness (QED) is 0.321. The van der Waals surface area contributed by atoms with Crippen LogP contribution in [0.1, 0.15) is 12.5 Å². The van der Waals surface area contributed by atoms with Gasteiger partial charge >= 0.3 is 0 Å². The number of carbonyl (C=O) groups excluding carboxylic acids is 2. The van der Waals surface area contributed by atoms with Crippen molar-refractivity contribution in [2.24, 2.45) is 5.10 Å². The smallest absolute Gasteiger partial charge is 0.280 e. The summed E-state index contributed by atoms with van der Waals surface area (Å²) < 4.78 is 5.65. The number of para-hydroxylation sites is 2. The number of hydrazone groups is 1. The van der Waals surface area contributed by atoms with Crippen LogP contribution in [0.15, 0.2) is 89.5 Å². The van der Waals surface area contributed by atoms with Gasteiger partial charge in [0, 0.05) is 23.4 Å². The summed E-state index contributed by atoms with van der Waals surface area (Å²) in [5.41, 5.74) is 2.05. The monoisotopic (exact) mass is 456 g/mol. The van der Waals surface area contributed by atoms with E-state index in [0.717, 1.165) is 0 Å². The van der Waals surface area contributed by atoms with Gasteiger partial charge < -0.3 is 10.1 Å². The average molecular weight is 456 g/mol. The molecule has 1 N–H and O–H groups in total. The van der Waals surface area contributed by atoms with Crippen molar-refractivity contribution in [3.05, 3.63) is 100 Å². The van der Waals surface area contributed by atoms with Crippen molar-refractivity contribution in [2.45, 2.75) is 6.92 Å². The Morgan fingerprint density at radius 1 is 1.09 bits per heavy atom. The van der Waals surface area contributed by atoms with Crippen molar-refractivity contribution in [1.29, 1.82) is 0 Å². The van der Waals surface area contributed by atoms with E-state index in [0.29, 0.717) is 17.1 Å². The first-order valence-electron chi connectivity index (χ1n) is 10.4. The van der Waals surface area contributed by atoms with E-state index in [4.69, 9.17) is 4.74 Å². The SMILES string of the molecule is CC1=NN(c2ccccc2)C(=O)C1=Cc1cc([N+](=O)[O-])ccc1OCC(=O)Nc1ccccc1. The van der Waals surface area contributed by atoms with Gasteiger partial charge in [0.2, 0.25) is 0 Å². The highest BCUT2D eigenvalue weighted by Gasteiger charge is 2.29. The standard InChI is InChI=1S/C25H20N4O5/c1-17-22(25(31)28(27-17)20-10-6-3-7-11-20)15-18-14-21(29(32)33)12-13-23(18)34-16-24(30)26-19-8-4-2-5-9-19/h2-15H,16H2,1H3,(H,26,30). The van der Waals surface area contributed by atoms with Crippen LogP contribution < -0.4 is 15.1 Å². The molecule has 1 aliphatic heterocycles. The molecule has 0 unspecified atom stereocenters. The molecule has 1 heterocycles. The molecule has 170 valence electrons. The van der Waals surface area contributed by atoms with E-state index in [1.807, 2.05) is 12.1 Å². The molecular formula is C25H20N4O5. The van der Waals surface area contributed by atoms with Crippen molar-refractivity contribution in [1.82, 2.24) is 0 Å². The maximum atomic E-state index is 13.0. The van der Waals surface area contributed by atoms with Gasteiger partial charge in [0.1, 0.15) is 5.75 Å². The number of nitro benzene ring substituents is 1. The van der Waals surface area contributed by atoms with Crippen LogP contribution in [-0.4, -0.2) is 29.1 Å². The van der Waals surface area contributed by atoms with Crippen molar-refractivity contribution in [2.75, 3.05) is 16.9 Å². The second-order valence-electron chi connectivity index (χ2n) is 7.38. The Balaban J connectivity index is 1.59. The Kier molecular flexibility index (Phi) is 6.45. The van der Waals surface area contributed by atoms with Crippen LogP contribution in [0.5, 0.6) is 5.75 Å². The minimum atomic E-state index is -0.540. The van der Waals surface area contributed by atoms with Gasteiger partial charge in [-0.3, -0.25) is 19.7 Å². The van der Waals surface area contributed by atoms with E-state index < -0.39 is 10.8 Å². The normalized spacial score (nSPS) is 14.1. The van der Waals surface area contributed by atoms with Crippen molar-refractivity contribution in [3.63, 3.8) is 0 Å². The first kappa shape index (κ1) is 22.4. The second kappa shape index (κ2) is 9.78. The fourth-order valence-corrected chi connectivity index (χ4v) is 3.34. The van der Waals surface area contributed by atoms with Crippen LogP contribution >= 0.6 is 0 Å². The molecule has 0 saturated carbocycles. The van der Waals surface area contributed by atoms with Crippen LogP contribution in [0.4, 0.5) is 17.1 Å². The van der Waals surface area contributed by atoms with Crippen LogP contribution in [0.25, 0.3) is 6.08 Å². The molecule has 0 saturated heterocycles. The maximum Gasteiger partial charge on any atom is 0.280 e. The molecule has 34 heavy (non-hydrogen) atoms. The van der Waals surface area contributed by atoms with Gasteiger partial charge in [-0.05, 0) is 43.3 Å². The van der Waals surface area contributed by atoms with Crippen LogP contribution in [0.3, 0.4) is 0 Å². The lowest BCUT2D eigenvalue weighted by molar-refractivity contribution is -0.384. The molecular weight excluding hydrogens is 436 g/mol. The number of carbonyl (C=O) groups is 2. The predicted octanol–water partition coefficient (Wildman–Crippen LogP) is 4.42. The highest BCUT2D eigenvalue weighted by Crippen LogP contribution is 2.30. The minimum Gasteiger partial charge on any atom is -0.483 e. The molecule has 3 aromatic carbocycles. The highest BCUT2D eigenvalue weighted by molar-refractivity contribution is 6.32. The molecule has 0 radical (unpaired) electrons. The lowest BCUT2D eigenvalue weighted by Gasteiger charge is -2.12. The summed E-state index contributed by atoms with van der Waals surface area (Å²) in [6.45, 7) is 1.36. The number of nitrogens with one attached hydrogen (secondary N) is 1. The number of amides is 2. The summed E-state index contributed by atoms with van der Waals surface area (Å²) in [7, 11) is 0. The van der Waals surface area contributed by atoms with E-state index >= 15 is 0 Å². The third-order valence-electron chi connectivity index (χ3n) is 4.98. The molecule has 0 atom stereocenters. The van der Waals surface area contributed by atoms with E-state index in [1.165, 1.54) is 29.3 Å². The first-order valence-corrected chi connectivity index (χ1v) is 10.4. The van der Waals surface area contributed by atoms with Crippen molar-refractivity contribution < 1.29 is 19.2 Å². The zero-order chi connectivity index (χ0) is 24.1. The second-order valence-corrected chi connectivity index (χ2v) is 7.38. The summed E-state index contributed by atoms with van der Waals surface area (Å²) in [4.78, 5) is 36.1. The molecule has 1 aliphatic rings. The first-order chi connectivity index (χ1) is 16.4. The van der Waals surface area contributed by atoms with Crippen LogP contribution in [0.2, 0.25) is 0 Å². The lowest BCUT2D eigenvalue weighted by atomic mass is 10.1. The number of hydrogen-bond donors (Lipinski definition) is 1. The van der Waals surface area contributed by atoms with Gasteiger partial charge in [0.15, 0.2) is 6.61 Å². The zero-order valence-corrected chi connectivity index (χ0v) is 18.2. The number of ether oxygens (including phenoxy) is 1. The summed E-state index contributed by atoms with van der Waals surface area (Å²) in [6, 6.07) is 21.8. The van der Waals surface area contributed by atoms with Gasteiger partial charge in [-0.1, -0.05) is 36.4 Å². The van der Waals surface area contributed by atoms with Gasteiger partial charge in [0.25, 0.3) is 17.5 Å². The topological polar surface area (TPSA) is 114 Å². The third kappa shape index (κ3) is 4.99. The van der Waals surface area contributed by atoms with Crippen molar-refractivity contribution in [3.8, 4) is 5.75 Å². The van der Waals surface area contributed by atoms with E-state index in [-0.39, 0.29) is 35.1 Å². The maximum absolute atomic E-state index is 13.0. The van der Waals surface area contributed by atoms with E-state index in [9.17, 15) is 19.7 Å². The van der Waals surface area contributed by atoms with Gasteiger partial charge in [-0.25, -0.2) is 0 Å². The van der Waals surface area contributed by atoms with Gasteiger partial charge in [-0.2, -0.15) is 10.1 Å². The van der Waals surface area contributed by atoms with E-state index in [2.05, 4.69) is 10.4 Å². The summed E-state index contributed by atoms with van der Waals surface area (Å²) in [5, 5.41) is 19.6. The number of nitro groups is 1. The summed E-state index contributed by atoms with van der Waals surface area (Å²) in [6.07, 6.45) is 1.49. The molecule has 0 bridgehead atoms. The fraction of sp³-hybridized carbons (Fsp3) is 0.0800. The number of anilines is 2. The fourth-order valence-electron chi connectivity index (χ4n) is 3.34. The number of hydrogen-bond acceptors (Lipinski definition) is 6. The molecule has 0 aliphatic carbocycles. The summed E-state index contributed by atoms with van der Waals surface area (Å²) in [5.74, 6) is -0.545. The van der Waals surface area contributed by atoms with Gasteiger partial charge in [-0.15, -0.1) is 0 Å². The number of nitrogens with zero attached hydrogens (tertiary/aromatic N) is 3. The molecule has 9 heteroatoms. The molecule has 4 rings (SSSR count). The van der Waals surface area contributed by atoms with Crippen LogP contribution in [-0.2, 0) is 9.59 Å². The van der Waals surface area contributed by atoms with E-state index in [1.54, 1.807) is 55.5 Å². The molecule has 2 amide bonds. The van der Waals surface area contributed by atoms with Crippen molar-refractivity contribution >= 4 is 40.7 Å². The zero-order valence-electron chi connectivity index (χ0n) is 18.2. The lowest BCUT2D eigenvalue weighted by Crippen LogP contribution is -2.21. The minimum absolute atomic E-state index is 0.173. The largest absolute Gasteiger partial charge is 0.483 e. The molecule has 0 spiro atoms. The van der Waals surface area contributed by atoms with Gasteiger partial charge in [0.05, 0.1) is 21.9 Å². The Labute approximate surface area is 195 Å². The molecule has 0 aromatic heterocycles. The molecule has 0 fully saturated rings. The molecule has 3 aromatic rings. The average Bonchev–Trinajstić information content (AvgIpc) is 3.12. The third-order valence-corrected chi connectivity index (χ3v) is 4.98. The predicted molar refractivity (Wildman–Crippen MR) is 129 cm³/mol. The Morgan fingerprint density at radius 2 is 1.76 bits per heavy atom. The number of rotatable bonds is 7. The Bertz CT molecular complexity index is 1300. The number of benzene rings is 3. The Morgan fingerprint density at radius 3 is 2.44 bits per heavy atom. The molecule has 9 nitrogen and oxygen atoms in total.